The Labute approximate surface area is 80.9 Å². The number of hydrogen-bond donors (Lipinski definition) is 1. The molecule has 6 heteroatoms. The van der Waals surface area contributed by atoms with Gasteiger partial charge in [-0.05, 0) is 6.92 Å². The summed E-state index contributed by atoms with van der Waals surface area (Å²) < 4.78 is 1.78. The van der Waals surface area contributed by atoms with Gasteiger partial charge < -0.3 is 9.88 Å². The molecule has 0 radical (unpaired) electrons. The van der Waals surface area contributed by atoms with E-state index < -0.39 is 0 Å². The van der Waals surface area contributed by atoms with Crippen LogP contribution < -0.4 is 5.32 Å². The zero-order valence-corrected chi connectivity index (χ0v) is 8.63. The van der Waals surface area contributed by atoms with Gasteiger partial charge >= 0.3 is 0 Å². The molecule has 0 aliphatic carbocycles. The largest absolute Gasteiger partial charge is 0.358 e. The number of carbonyl (C=O) groups is 1. The molecule has 1 aromatic rings. The number of rotatable bonds is 3. The summed E-state index contributed by atoms with van der Waals surface area (Å²) >= 11 is 1.39. The molecular formula is C7H12N4OS. The van der Waals surface area contributed by atoms with Crippen LogP contribution in [0.2, 0.25) is 0 Å². The van der Waals surface area contributed by atoms with Gasteiger partial charge in [-0.2, -0.15) is 0 Å². The molecule has 1 aromatic heterocycles. The number of nitrogens with one attached hydrogen (secondary N) is 1. The van der Waals surface area contributed by atoms with E-state index in [2.05, 4.69) is 15.5 Å². The van der Waals surface area contributed by atoms with Crippen molar-refractivity contribution >= 4 is 17.7 Å². The molecule has 0 aliphatic heterocycles. The molecule has 0 spiro atoms. The highest BCUT2D eigenvalue weighted by atomic mass is 32.2. The smallest absolute Gasteiger partial charge is 0.233 e. The van der Waals surface area contributed by atoms with Gasteiger partial charge in [0, 0.05) is 14.1 Å². The summed E-state index contributed by atoms with van der Waals surface area (Å²) in [6, 6.07) is 0. The molecule has 0 aliphatic rings. The summed E-state index contributed by atoms with van der Waals surface area (Å²) in [7, 11) is 3.47. The lowest BCUT2D eigenvalue weighted by atomic mass is 10.4. The van der Waals surface area contributed by atoms with Gasteiger partial charge in [-0.3, -0.25) is 4.79 Å². The average molecular weight is 200 g/mol. The summed E-state index contributed by atoms with van der Waals surface area (Å²) in [5.74, 6) is -0.00648. The molecule has 0 aromatic carbocycles. The third-order valence-electron chi connectivity index (χ3n) is 1.57. The Kier molecular flexibility index (Phi) is 3.30. The summed E-state index contributed by atoms with van der Waals surface area (Å²) in [5, 5.41) is 10.8. The minimum Gasteiger partial charge on any atom is -0.358 e. The zero-order valence-electron chi connectivity index (χ0n) is 7.81. The average Bonchev–Trinajstić information content (AvgIpc) is 2.50. The molecule has 1 N–H and O–H groups in total. The third-order valence-corrected chi connectivity index (χ3v) is 2.72. The molecule has 0 unspecified atom stereocenters. The van der Waals surface area contributed by atoms with Gasteiger partial charge in [0.1, 0.15) is 6.33 Å². The number of thioether (sulfide) groups is 1. The van der Waals surface area contributed by atoms with E-state index in [1.54, 1.807) is 17.9 Å². The Bertz CT molecular complexity index is 298. The Hall–Kier alpha value is -1.04. The van der Waals surface area contributed by atoms with E-state index in [0.717, 1.165) is 5.16 Å². The molecule has 13 heavy (non-hydrogen) atoms. The molecule has 5 nitrogen and oxygen atoms in total. The number of amides is 1. The van der Waals surface area contributed by atoms with Crippen LogP contribution in [0.25, 0.3) is 0 Å². The molecule has 0 saturated heterocycles. The lowest BCUT2D eigenvalue weighted by molar-refractivity contribution is -0.119. The molecule has 1 rings (SSSR count). The van der Waals surface area contributed by atoms with Crippen LogP contribution >= 0.6 is 11.8 Å². The van der Waals surface area contributed by atoms with E-state index in [1.165, 1.54) is 11.8 Å². The van der Waals surface area contributed by atoms with Crippen LogP contribution in [-0.2, 0) is 11.8 Å². The van der Waals surface area contributed by atoms with Crippen LogP contribution in [0.1, 0.15) is 6.92 Å². The summed E-state index contributed by atoms with van der Waals surface area (Å²) in [4.78, 5) is 11.2. The maximum atomic E-state index is 11.2. The van der Waals surface area contributed by atoms with E-state index in [4.69, 9.17) is 0 Å². The van der Waals surface area contributed by atoms with Gasteiger partial charge in [0.15, 0.2) is 5.16 Å². The highest BCUT2D eigenvalue weighted by Crippen LogP contribution is 2.19. The second-order valence-corrected chi connectivity index (χ2v) is 3.91. The lowest BCUT2D eigenvalue weighted by Gasteiger charge is -2.07. The minimum absolute atomic E-state index is 0.00648. The quantitative estimate of drug-likeness (QED) is 0.700. The third kappa shape index (κ3) is 2.45. The van der Waals surface area contributed by atoms with Gasteiger partial charge in [0.05, 0.1) is 5.25 Å². The first kappa shape index (κ1) is 10.0. The van der Waals surface area contributed by atoms with E-state index in [9.17, 15) is 4.79 Å². The number of hydrogen-bond acceptors (Lipinski definition) is 4. The Balaban J connectivity index is 2.59. The van der Waals surface area contributed by atoms with Crippen molar-refractivity contribution < 1.29 is 4.79 Å². The zero-order chi connectivity index (χ0) is 9.84. The molecule has 1 amide bonds. The predicted octanol–water partition coefficient (Wildman–Crippen LogP) is 0.0417. The summed E-state index contributed by atoms with van der Waals surface area (Å²) in [6.07, 6.45) is 1.61. The SMILES string of the molecule is CNC(=O)[C@@H](C)Sc1nncn1C. The topological polar surface area (TPSA) is 59.8 Å². The minimum atomic E-state index is -0.145. The fraction of sp³-hybridized carbons (Fsp3) is 0.571. The number of nitrogens with zero attached hydrogens (tertiary/aromatic N) is 3. The standard InChI is InChI=1S/C7H12N4OS/c1-5(6(12)8-2)13-7-10-9-4-11(7)3/h4-5H,1-3H3,(H,8,12)/t5-/m1/s1. The summed E-state index contributed by atoms with van der Waals surface area (Å²) in [6.45, 7) is 1.83. The van der Waals surface area contributed by atoms with E-state index >= 15 is 0 Å². The second kappa shape index (κ2) is 4.27. The van der Waals surface area contributed by atoms with Gasteiger partial charge in [-0.25, -0.2) is 0 Å². The Morgan fingerprint density at radius 3 is 2.92 bits per heavy atom. The van der Waals surface area contributed by atoms with Gasteiger partial charge in [-0.15, -0.1) is 10.2 Å². The van der Waals surface area contributed by atoms with E-state index in [1.807, 2.05) is 14.0 Å². The molecule has 72 valence electrons. The first-order chi connectivity index (χ1) is 6.15. The lowest BCUT2D eigenvalue weighted by Crippen LogP contribution is -2.27. The summed E-state index contributed by atoms with van der Waals surface area (Å²) in [5.41, 5.74) is 0. The normalized spacial score (nSPS) is 12.5. The Morgan fingerprint density at radius 1 is 1.77 bits per heavy atom. The van der Waals surface area contributed by atoms with Crippen LogP contribution in [0, 0.1) is 0 Å². The van der Waals surface area contributed by atoms with Gasteiger partial charge in [0.2, 0.25) is 5.91 Å². The molecule has 1 heterocycles. The van der Waals surface area contributed by atoms with Crippen LogP contribution in [0.15, 0.2) is 11.5 Å². The van der Waals surface area contributed by atoms with Crippen LogP contribution in [0.3, 0.4) is 0 Å². The van der Waals surface area contributed by atoms with Crippen molar-refractivity contribution in [2.45, 2.75) is 17.3 Å². The fourth-order valence-electron chi connectivity index (χ4n) is 0.794. The number of aromatic nitrogens is 3. The maximum absolute atomic E-state index is 11.2. The van der Waals surface area contributed by atoms with Crippen LogP contribution in [0.4, 0.5) is 0 Å². The molecule has 0 fully saturated rings. The second-order valence-electron chi connectivity index (χ2n) is 2.60. The molecule has 0 saturated carbocycles. The number of carbonyl (C=O) groups excluding carboxylic acids is 1. The first-order valence-electron chi connectivity index (χ1n) is 3.87. The highest BCUT2D eigenvalue weighted by Gasteiger charge is 2.14. The number of aryl methyl sites for hydroxylation is 1. The Morgan fingerprint density at radius 2 is 2.46 bits per heavy atom. The predicted molar refractivity (Wildman–Crippen MR) is 50.4 cm³/mol. The fourth-order valence-corrected chi connectivity index (χ4v) is 1.64. The molecule has 1 atom stereocenters. The molecule has 0 bridgehead atoms. The van der Waals surface area contributed by atoms with Gasteiger partial charge in [-0.1, -0.05) is 11.8 Å². The van der Waals surface area contributed by atoms with Crippen molar-refractivity contribution in [1.29, 1.82) is 0 Å². The first-order valence-corrected chi connectivity index (χ1v) is 4.75. The van der Waals surface area contributed by atoms with Crippen molar-refractivity contribution in [3.63, 3.8) is 0 Å². The van der Waals surface area contributed by atoms with E-state index in [-0.39, 0.29) is 11.2 Å². The van der Waals surface area contributed by atoms with E-state index in [0.29, 0.717) is 0 Å². The molecular weight excluding hydrogens is 188 g/mol. The van der Waals surface area contributed by atoms with Crippen molar-refractivity contribution in [3.8, 4) is 0 Å². The van der Waals surface area contributed by atoms with Crippen molar-refractivity contribution in [3.05, 3.63) is 6.33 Å². The van der Waals surface area contributed by atoms with Crippen molar-refractivity contribution in [2.75, 3.05) is 7.05 Å². The van der Waals surface area contributed by atoms with Crippen LogP contribution in [0.5, 0.6) is 0 Å². The van der Waals surface area contributed by atoms with Crippen molar-refractivity contribution in [2.24, 2.45) is 7.05 Å². The van der Waals surface area contributed by atoms with Gasteiger partial charge in [0.25, 0.3) is 0 Å². The van der Waals surface area contributed by atoms with Crippen molar-refractivity contribution in [1.82, 2.24) is 20.1 Å². The maximum Gasteiger partial charge on any atom is 0.233 e. The monoisotopic (exact) mass is 200 g/mol. The van der Waals surface area contributed by atoms with Crippen LogP contribution in [-0.4, -0.2) is 33.0 Å². The highest BCUT2D eigenvalue weighted by molar-refractivity contribution is 8.00.